The average molecular weight is 693 g/mol. The highest BCUT2D eigenvalue weighted by atomic mass is 16.6. The van der Waals surface area contributed by atoms with Gasteiger partial charge in [0.05, 0.1) is 26.4 Å². The molecule has 0 saturated carbocycles. The predicted octanol–water partition coefficient (Wildman–Crippen LogP) is 8.99. The van der Waals surface area contributed by atoms with Gasteiger partial charge in [0.25, 0.3) is 0 Å². The van der Waals surface area contributed by atoms with Crippen molar-refractivity contribution in [2.75, 3.05) is 47.3 Å². The molecule has 0 N–H and O–H groups in total. The minimum absolute atomic E-state index is 0.332. The maximum Gasteiger partial charge on any atom is 0.338 e. The largest absolute Gasteiger partial charge is 0.496 e. The number of carbonyl (C=O) groups excluding carboxylic acids is 1. The summed E-state index contributed by atoms with van der Waals surface area (Å²) in [5.41, 5.74) is 5.18. The molecule has 1 heterocycles. The van der Waals surface area contributed by atoms with Crippen molar-refractivity contribution in [3.05, 3.63) is 76.9 Å². The van der Waals surface area contributed by atoms with Crippen LogP contribution in [0.5, 0.6) is 5.75 Å². The molecule has 276 valence electrons. The molecule has 3 aliphatic rings. The van der Waals surface area contributed by atoms with Crippen molar-refractivity contribution in [3.8, 4) is 16.9 Å². The second-order valence-corrected chi connectivity index (χ2v) is 13.2. The van der Waals surface area contributed by atoms with Crippen LogP contribution in [-0.2, 0) is 34.8 Å². The average Bonchev–Trinajstić information content (AvgIpc) is 3.30. The Hall–Kier alpha value is -3.01. The third-order valence-electron chi connectivity index (χ3n) is 9.38. The number of carbonyl (C=O) groups is 1. The highest BCUT2D eigenvalue weighted by Gasteiger charge is 2.48. The second-order valence-electron chi connectivity index (χ2n) is 13.2. The van der Waals surface area contributed by atoms with Gasteiger partial charge in [-0.1, -0.05) is 89.8 Å². The molecule has 0 unspecified atom stereocenters. The molecule has 4 rings (SSSR count). The SMILES string of the molecule is CCCCOC[C@H]1O[C@@H](c2ccc(OC)c(Cc3cc4cccccc-4c3C(=O)OC)c2)[C@H](OCCCC)[C@@H](OCCCC)[C@@H]1OCCCC. The molecule has 1 aromatic carbocycles. The fourth-order valence-corrected chi connectivity index (χ4v) is 6.58. The lowest BCUT2D eigenvalue weighted by Crippen LogP contribution is -2.58. The van der Waals surface area contributed by atoms with E-state index in [9.17, 15) is 4.79 Å². The molecule has 0 amide bonds. The fourth-order valence-electron chi connectivity index (χ4n) is 6.58. The number of unbranched alkanes of at least 4 members (excludes halogenated alkanes) is 4. The van der Waals surface area contributed by atoms with E-state index in [1.54, 1.807) is 7.11 Å². The zero-order valence-electron chi connectivity index (χ0n) is 31.2. The smallest absolute Gasteiger partial charge is 0.338 e. The van der Waals surface area contributed by atoms with Crippen LogP contribution < -0.4 is 4.74 Å². The number of methoxy groups -OCH3 is 2. The van der Waals surface area contributed by atoms with Gasteiger partial charge >= 0.3 is 5.97 Å². The molecule has 8 nitrogen and oxygen atoms in total. The topological polar surface area (TPSA) is 81.7 Å². The van der Waals surface area contributed by atoms with Crippen LogP contribution in [0.1, 0.15) is 112 Å². The van der Waals surface area contributed by atoms with E-state index in [2.05, 4.69) is 45.9 Å². The Morgan fingerprint density at radius 1 is 0.700 bits per heavy atom. The fraction of sp³-hybridized carbons (Fsp3) is 0.595. The molecule has 0 spiro atoms. The lowest BCUT2D eigenvalue weighted by atomic mass is 9.89. The minimum Gasteiger partial charge on any atom is -0.496 e. The molecular formula is C42H60O8. The summed E-state index contributed by atoms with van der Waals surface area (Å²) in [5.74, 6) is 0.374. The third kappa shape index (κ3) is 10.5. The molecule has 1 saturated heterocycles. The molecule has 0 aromatic heterocycles. The molecule has 1 aliphatic heterocycles. The Morgan fingerprint density at radius 2 is 1.34 bits per heavy atom. The lowest BCUT2D eigenvalue weighted by Gasteiger charge is -2.46. The van der Waals surface area contributed by atoms with Crippen LogP contribution in [0.3, 0.4) is 0 Å². The number of rotatable bonds is 22. The van der Waals surface area contributed by atoms with Gasteiger partial charge in [0.15, 0.2) is 0 Å². The molecule has 8 heteroatoms. The summed E-state index contributed by atoms with van der Waals surface area (Å²) in [4.78, 5) is 13.1. The van der Waals surface area contributed by atoms with Gasteiger partial charge in [-0.05, 0) is 71.7 Å². The summed E-state index contributed by atoms with van der Waals surface area (Å²) in [7, 11) is 3.10. The first-order chi connectivity index (χ1) is 24.5. The van der Waals surface area contributed by atoms with Gasteiger partial charge in [-0.15, -0.1) is 0 Å². The van der Waals surface area contributed by atoms with Gasteiger partial charge in [0.2, 0.25) is 0 Å². The van der Waals surface area contributed by atoms with E-state index in [1.165, 1.54) is 7.11 Å². The number of fused-ring (bicyclic) bond motifs is 1. The van der Waals surface area contributed by atoms with Crippen molar-refractivity contribution in [2.45, 2.75) is 116 Å². The molecule has 1 fully saturated rings. The number of benzene rings is 1. The first-order valence-corrected chi connectivity index (χ1v) is 18.8. The minimum atomic E-state index is -0.438. The number of ether oxygens (including phenoxy) is 7. The van der Waals surface area contributed by atoms with Gasteiger partial charge in [-0.3, -0.25) is 0 Å². The van der Waals surface area contributed by atoms with Crippen LogP contribution in [0.2, 0.25) is 0 Å². The van der Waals surface area contributed by atoms with Crippen molar-refractivity contribution in [3.63, 3.8) is 0 Å². The first kappa shape index (κ1) is 39.8. The molecule has 0 radical (unpaired) electrons. The van der Waals surface area contributed by atoms with E-state index in [0.29, 0.717) is 45.0 Å². The standard InChI is InChI=1S/C42H60O8/c1-7-11-22-46-29-36-39(47-23-12-8-2)41(49-25-14-10-4)40(48-24-13-9-3)38(50-36)31-20-21-35(44-5)32(27-31)28-33-26-30-18-16-15-17-19-34(30)37(33)42(43)45-6/h15-21,26-27,36,38-41H,7-14,22-25,28-29H2,1-6H3/t36-,38+,39-,40+,41+/m1/s1. The molecule has 1 aromatic rings. The summed E-state index contributed by atoms with van der Waals surface area (Å²) in [6.07, 6.45) is 6.59. The van der Waals surface area contributed by atoms with E-state index < -0.39 is 12.2 Å². The molecular weight excluding hydrogens is 632 g/mol. The van der Waals surface area contributed by atoms with Crippen molar-refractivity contribution in [2.24, 2.45) is 0 Å². The van der Waals surface area contributed by atoms with E-state index in [1.807, 2.05) is 36.4 Å². The van der Waals surface area contributed by atoms with Crippen LogP contribution in [0.4, 0.5) is 0 Å². The zero-order chi connectivity index (χ0) is 35.7. The van der Waals surface area contributed by atoms with Crippen molar-refractivity contribution < 1.29 is 38.0 Å². The lowest BCUT2D eigenvalue weighted by molar-refractivity contribution is -0.268. The Balaban J connectivity index is 1.77. The molecule has 2 aliphatic carbocycles. The zero-order valence-corrected chi connectivity index (χ0v) is 31.2. The first-order valence-electron chi connectivity index (χ1n) is 18.8. The summed E-state index contributed by atoms with van der Waals surface area (Å²) >= 11 is 0. The van der Waals surface area contributed by atoms with Crippen LogP contribution in [0.25, 0.3) is 11.1 Å². The Bertz CT molecular complexity index is 1390. The molecule has 5 atom stereocenters. The van der Waals surface area contributed by atoms with Gasteiger partial charge in [-0.25, -0.2) is 4.79 Å². The van der Waals surface area contributed by atoms with Gasteiger partial charge in [-0.2, -0.15) is 0 Å². The third-order valence-corrected chi connectivity index (χ3v) is 9.38. The van der Waals surface area contributed by atoms with Crippen LogP contribution in [0, 0.1) is 0 Å². The summed E-state index contributed by atoms with van der Waals surface area (Å²) in [5, 5.41) is 0. The highest BCUT2D eigenvalue weighted by molar-refractivity contribution is 6.01. The van der Waals surface area contributed by atoms with Gasteiger partial charge < -0.3 is 33.2 Å². The van der Waals surface area contributed by atoms with Gasteiger partial charge in [0.1, 0.15) is 36.3 Å². The monoisotopic (exact) mass is 692 g/mol. The van der Waals surface area contributed by atoms with E-state index >= 15 is 0 Å². The maximum atomic E-state index is 13.1. The van der Waals surface area contributed by atoms with E-state index in [4.69, 9.17) is 33.2 Å². The summed E-state index contributed by atoms with van der Waals surface area (Å²) in [6.45, 7) is 11.6. The summed E-state index contributed by atoms with van der Waals surface area (Å²) < 4.78 is 44.4. The number of hydrogen-bond donors (Lipinski definition) is 0. The molecule has 50 heavy (non-hydrogen) atoms. The maximum absolute atomic E-state index is 13.1. The predicted molar refractivity (Wildman–Crippen MR) is 197 cm³/mol. The van der Waals surface area contributed by atoms with Crippen LogP contribution >= 0.6 is 0 Å². The number of esters is 1. The molecule has 0 bridgehead atoms. The van der Waals surface area contributed by atoms with Gasteiger partial charge in [0, 0.05) is 32.8 Å². The normalized spacial score (nSPS) is 20.6. The highest BCUT2D eigenvalue weighted by Crippen LogP contribution is 2.40. The van der Waals surface area contributed by atoms with Crippen molar-refractivity contribution >= 4 is 5.97 Å². The van der Waals surface area contributed by atoms with Crippen molar-refractivity contribution in [1.29, 1.82) is 0 Å². The summed E-state index contributed by atoms with van der Waals surface area (Å²) in [6, 6.07) is 18.1. The van der Waals surface area contributed by atoms with E-state index in [0.717, 1.165) is 84.9 Å². The van der Waals surface area contributed by atoms with Crippen molar-refractivity contribution in [1.82, 2.24) is 0 Å². The quantitative estimate of drug-likeness (QED) is 0.0763. The number of hydrogen-bond acceptors (Lipinski definition) is 8. The Kier molecular flexibility index (Phi) is 17.0. The van der Waals surface area contributed by atoms with E-state index in [-0.39, 0.29) is 24.3 Å². The van der Waals surface area contributed by atoms with Crippen LogP contribution in [0.15, 0.2) is 54.6 Å². The van der Waals surface area contributed by atoms with Crippen LogP contribution in [-0.4, -0.2) is 77.6 Å². The Morgan fingerprint density at radius 3 is 2.00 bits per heavy atom. The second kappa shape index (κ2) is 21.4. The Labute approximate surface area is 300 Å².